The molecule has 4 nitrogen and oxygen atoms in total. The van der Waals surface area contributed by atoms with E-state index in [4.69, 9.17) is 15.6 Å². The maximum atomic E-state index is 10.9. The molecule has 11 heavy (non-hydrogen) atoms. The molecule has 0 aromatic carbocycles. The van der Waals surface area contributed by atoms with E-state index in [1.807, 2.05) is 0 Å². The molecule has 64 valence electrons. The zero-order valence-corrected chi connectivity index (χ0v) is 6.38. The van der Waals surface area contributed by atoms with Crippen molar-refractivity contribution in [3.8, 4) is 0 Å². The highest BCUT2D eigenvalue weighted by molar-refractivity contribution is 5.81. The number of nitrogens with two attached hydrogens (primary N) is 1. The van der Waals surface area contributed by atoms with Gasteiger partial charge in [-0.05, 0) is 12.8 Å². The normalized spacial score (nSPS) is 23.0. The minimum Gasteiger partial charge on any atom is -0.395 e. The first-order valence-corrected chi connectivity index (χ1v) is 3.70. The molecule has 1 aliphatic rings. The summed E-state index contributed by atoms with van der Waals surface area (Å²) in [6.45, 7) is 0.874. The lowest BCUT2D eigenvalue weighted by molar-refractivity contribution is -0.136. The van der Waals surface area contributed by atoms with Gasteiger partial charge in [0.25, 0.3) is 0 Å². The minimum absolute atomic E-state index is 0.161. The van der Waals surface area contributed by atoms with Crippen molar-refractivity contribution in [1.29, 1.82) is 0 Å². The Morgan fingerprint density at radius 3 is 2.36 bits per heavy atom. The Hall–Kier alpha value is -0.610. The molecule has 1 aliphatic heterocycles. The van der Waals surface area contributed by atoms with Crippen molar-refractivity contribution in [2.45, 2.75) is 12.8 Å². The second-order valence-corrected chi connectivity index (χ2v) is 2.92. The number of hydrogen-bond acceptors (Lipinski definition) is 3. The maximum Gasteiger partial charge on any atom is 0.226 e. The van der Waals surface area contributed by atoms with Gasteiger partial charge >= 0.3 is 0 Å². The summed E-state index contributed by atoms with van der Waals surface area (Å²) >= 11 is 0. The molecule has 0 bridgehead atoms. The number of ether oxygens (including phenoxy) is 1. The number of hydrogen-bond donors (Lipinski definition) is 2. The summed E-state index contributed by atoms with van der Waals surface area (Å²) in [7, 11) is 0. The third-order valence-electron chi connectivity index (χ3n) is 2.28. The summed E-state index contributed by atoms with van der Waals surface area (Å²) in [5, 5.41) is 8.96. The highest BCUT2D eigenvalue weighted by Gasteiger charge is 2.37. The van der Waals surface area contributed by atoms with Gasteiger partial charge < -0.3 is 15.6 Å². The van der Waals surface area contributed by atoms with E-state index in [0.29, 0.717) is 26.1 Å². The number of rotatable bonds is 2. The van der Waals surface area contributed by atoms with Crippen LogP contribution in [0.15, 0.2) is 0 Å². The molecule has 0 aliphatic carbocycles. The topological polar surface area (TPSA) is 72.6 Å². The van der Waals surface area contributed by atoms with Crippen LogP contribution in [-0.2, 0) is 9.53 Å². The molecule has 0 radical (unpaired) electrons. The smallest absolute Gasteiger partial charge is 0.226 e. The molecule has 1 rings (SSSR count). The molecule has 0 atom stereocenters. The van der Waals surface area contributed by atoms with E-state index in [1.165, 1.54) is 0 Å². The van der Waals surface area contributed by atoms with Crippen molar-refractivity contribution < 1.29 is 14.6 Å². The lowest BCUT2D eigenvalue weighted by Gasteiger charge is -2.31. The van der Waals surface area contributed by atoms with E-state index in [-0.39, 0.29) is 6.61 Å². The van der Waals surface area contributed by atoms with Crippen molar-refractivity contribution in [3.63, 3.8) is 0 Å². The highest BCUT2D eigenvalue weighted by atomic mass is 16.5. The average Bonchev–Trinajstić information content (AvgIpc) is 2.05. The third-order valence-corrected chi connectivity index (χ3v) is 2.28. The van der Waals surface area contributed by atoms with Crippen molar-refractivity contribution in [3.05, 3.63) is 0 Å². The number of carbonyl (C=O) groups excluding carboxylic acids is 1. The van der Waals surface area contributed by atoms with Gasteiger partial charge in [-0.25, -0.2) is 0 Å². The SMILES string of the molecule is NC(=O)C1(CO)CCOCC1. The minimum atomic E-state index is -0.710. The van der Waals surface area contributed by atoms with E-state index in [1.54, 1.807) is 0 Å². The van der Waals surface area contributed by atoms with Crippen LogP contribution in [0.4, 0.5) is 0 Å². The van der Waals surface area contributed by atoms with Crippen molar-refractivity contribution in [2.24, 2.45) is 11.1 Å². The van der Waals surface area contributed by atoms with Crippen LogP contribution in [0.25, 0.3) is 0 Å². The van der Waals surface area contributed by atoms with Crippen LogP contribution in [0, 0.1) is 5.41 Å². The van der Waals surface area contributed by atoms with Gasteiger partial charge in [0, 0.05) is 13.2 Å². The Morgan fingerprint density at radius 1 is 1.55 bits per heavy atom. The first-order valence-electron chi connectivity index (χ1n) is 3.70. The largest absolute Gasteiger partial charge is 0.395 e. The van der Waals surface area contributed by atoms with Gasteiger partial charge in [0.2, 0.25) is 5.91 Å². The Morgan fingerprint density at radius 2 is 2.09 bits per heavy atom. The molecule has 0 aromatic heterocycles. The first-order chi connectivity index (χ1) is 5.21. The van der Waals surface area contributed by atoms with Gasteiger partial charge in [0.05, 0.1) is 12.0 Å². The molecule has 0 aromatic rings. The van der Waals surface area contributed by atoms with E-state index in [9.17, 15) is 4.79 Å². The number of amides is 1. The summed E-state index contributed by atoms with van der Waals surface area (Å²) < 4.78 is 5.06. The predicted octanol–water partition coefficient (Wildman–Crippen LogP) is -0.739. The maximum absolute atomic E-state index is 10.9. The Labute approximate surface area is 65.3 Å². The second kappa shape index (κ2) is 3.19. The zero-order valence-electron chi connectivity index (χ0n) is 6.38. The van der Waals surface area contributed by atoms with Crippen LogP contribution in [0.5, 0.6) is 0 Å². The molecule has 0 saturated carbocycles. The molecule has 1 amide bonds. The molecule has 1 fully saturated rings. The molecule has 0 unspecified atom stereocenters. The van der Waals surface area contributed by atoms with Gasteiger partial charge in [-0.2, -0.15) is 0 Å². The summed E-state index contributed by atoms with van der Waals surface area (Å²) in [6, 6.07) is 0. The van der Waals surface area contributed by atoms with Gasteiger partial charge in [-0.3, -0.25) is 4.79 Å². The van der Waals surface area contributed by atoms with Crippen molar-refractivity contribution >= 4 is 5.91 Å². The predicted molar refractivity (Wildman–Crippen MR) is 38.8 cm³/mol. The molecule has 3 N–H and O–H groups in total. The molecule has 4 heteroatoms. The quantitative estimate of drug-likeness (QED) is 0.557. The fraction of sp³-hybridized carbons (Fsp3) is 0.857. The molecular formula is C7H13NO3. The second-order valence-electron chi connectivity index (χ2n) is 2.92. The lowest BCUT2D eigenvalue weighted by atomic mass is 9.80. The fourth-order valence-electron chi connectivity index (χ4n) is 1.24. The molecule has 1 heterocycles. The van der Waals surface area contributed by atoms with Crippen LogP contribution in [-0.4, -0.2) is 30.8 Å². The van der Waals surface area contributed by atoms with Crippen LogP contribution < -0.4 is 5.73 Å². The standard InChI is InChI=1S/C7H13NO3/c8-6(10)7(5-9)1-3-11-4-2-7/h9H,1-5H2,(H2,8,10). The lowest BCUT2D eigenvalue weighted by Crippen LogP contribution is -2.44. The van der Waals surface area contributed by atoms with Crippen LogP contribution in [0.3, 0.4) is 0 Å². The summed E-state index contributed by atoms with van der Waals surface area (Å²) in [5.74, 6) is -0.414. The van der Waals surface area contributed by atoms with Crippen LogP contribution in [0.2, 0.25) is 0 Å². The Bertz CT molecular complexity index is 152. The van der Waals surface area contributed by atoms with E-state index < -0.39 is 11.3 Å². The fourth-order valence-corrected chi connectivity index (χ4v) is 1.24. The Balaban J connectivity index is 2.64. The van der Waals surface area contributed by atoms with Crippen molar-refractivity contribution in [2.75, 3.05) is 19.8 Å². The zero-order chi connectivity index (χ0) is 8.32. The number of aliphatic hydroxyl groups excluding tert-OH is 1. The number of aliphatic hydroxyl groups is 1. The molecule has 0 spiro atoms. The number of primary amides is 1. The Kier molecular flexibility index (Phi) is 2.46. The van der Waals surface area contributed by atoms with Gasteiger partial charge in [-0.1, -0.05) is 0 Å². The van der Waals surface area contributed by atoms with Gasteiger partial charge in [0.1, 0.15) is 0 Å². The molecule has 1 saturated heterocycles. The molecular weight excluding hydrogens is 146 g/mol. The highest BCUT2D eigenvalue weighted by Crippen LogP contribution is 2.28. The summed E-state index contributed by atoms with van der Waals surface area (Å²) in [6.07, 6.45) is 1.08. The van der Waals surface area contributed by atoms with E-state index in [2.05, 4.69) is 0 Å². The van der Waals surface area contributed by atoms with E-state index >= 15 is 0 Å². The summed E-state index contributed by atoms with van der Waals surface area (Å²) in [5.41, 5.74) is 4.45. The van der Waals surface area contributed by atoms with Gasteiger partial charge in [-0.15, -0.1) is 0 Å². The van der Waals surface area contributed by atoms with E-state index in [0.717, 1.165) is 0 Å². The third kappa shape index (κ3) is 1.52. The number of carbonyl (C=O) groups is 1. The average molecular weight is 159 g/mol. The first kappa shape index (κ1) is 8.49. The van der Waals surface area contributed by atoms with Gasteiger partial charge in [0.15, 0.2) is 0 Å². The van der Waals surface area contributed by atoms with Crippen LogP contribution in [0.1, 0.15) is 12.8 Å². The monoisotopic (exact) mass is 159 g/mol. The van der Waals surface area contributed by atoms with Crippen LogP contribution >= 0.6 is 0 Å². The summed E-state index contributed by atoms with van der Waals surface area (Å²) in [4.78, 5) is 10.9. The van der Waals surface area contributed by atoms with Crippen molar-refractivity contribution in [1.82, 2.24) is 0 Å².